The summed E-state index contributed by atoms with van der Waals surface area (Å²) in [6, 6.07) is 10.5. The van der Waals surface area contributed by atoms with Crippen molar-refractivity contribution in [3.63, 3.8) is 0 Å². The highest BCUT2D eigenvalue weighted by molar-refractivity contribution is 5.75. The van der Waals surface area contributed by atoms with Crippen molar-refractivity contribution in [1.29, 1.82) is 0 Å². The van der Waals surface area contributed by atoms with E-state index in [2.05, 4.69) is 50.6 Å². The van der Waals surface area contributed by atoms with Crippen LogP contribution in [-0.2, 0) is 11.3 Å². The normalized spacial score (nSPS) is 11.4. The molecule has 0 aliphatic rings. The van der Waals surface area contributed by atoms with Crippen LogP contribution < -0.4 is 5.32 Å². The molecule has 0 unspecified atom stereocenters. The van der Waals surface area contributed by atoms with E-state index in [9.17, 15) is 4.79 Å². The minimum absolute atomic E-state index is 0.209. The topological polar surface area (TPSA) is 29.1 Å². The number of nitrogens with zero attached hydrogens (tertiary/aromatic N) is 1. The lowest BCUT2D eigenvalue weighted by atomic mass is 10.1. The van der Waals surface area contributed by atoms with Crippen LogP contribution in [0.1, 0.15) is 57.4 Å². The van der Waals surface area contributed by atoms with Gasteiger partial charge in [0.2, 0.25) is 5.91 Å². The van der Waals surface area contributed by atoms with Gasteiger partial charge in [0.15, 0.2) is 0 Å². The summed E-state index contributed by atoms with van der Waals surface area (Å²) in [7, 11) is 4.43. The Morgan fingerprint density at radius 3 is 2.35 bits per heavy atom. The summed E-state index contributed by atoms with van der Waals surface area (Å²) >= 11 is 0. The average Bonchev–Trinajstić information content (AvgIpc) is 2.51. The molecule has 0 fully saturated rings. The highest BCUT2D eigenvalue weighted by Crippen LogP contribution is 2.09. The Morgan fingerprint density at radius 2 is 1.65 bits per heavy atom. The number of likely N-dealkylation sites (N-methyl/N-ethyl adjacent to an activating group) is 1. The number of hydrogen-bond acceptors (Lipinski definition) is 1. The molecule has 0 saturated carbocycles. The van der Waals surface area contributed by atoms with Crippen LogP contribution in [0.3, 0.4) is 0 Å². The molecule has 0 heterocycles. The smallest absolute Gasteiger partial charge is 0.220 e. The van der Waals surface area contributed by atoms with Crippen molar-refractivity contribution in [1.82, 2.24) is 5.32 Å². The average molecular weight is 320 g/mol. The van der Waals surface area contributed by atoms with Crippen molar-refractivity contribution in [3.05, 3.63) is 35.9 Å². The van der Waals surface area contributed by atoms with E-state index in [4.69, 9.17) is 0 Å². The molecule has 0 spiro atoms. The van der Waals surface area contributed by atoms with Gasteiger partial charge in [-0.2, -0.15) is 0 Å². The Balaban J connectivity index is 2.11. The number of rotatable bonds is 12. The summed E-state index contributed by atoms with van der Waals surface area (Å²) in [6.45, 7) is 4.94. The van der Waals surface area contributed by atoms with Gasteiger partial charge in [0.05, 0.1) is 27.2 Å². The predicted molar refractivity (Wildman–Crippen MR) is 98.1 cm³/mol. The third-order valence-electron chi connectivity index (χ3n) is 4.25. The largest absolute Gasteiger partial charge is 0.350 e. The molecular formula is C20H35N2O+. The molecule has 3 nitrogen and oxygen atoms in total. The number of quaternary nitrogens is 1. The molecule has 0 aromatic heterocycles. The molecule has 0 saturated heterocycles. The first-order chi connectivity index (χ1) is 11.0. The van der Waals surface area contributed by atoms with E-state index in [1.807, 2.05) is 6.07 Å². The molecule has 3 heteroatoms. The van der Waals surface area contributed by atoms with Gasteiger partial charge in [0.25, 0.3) is 0 Å². The van der Waals surface area contributed by atoms with Gasteiger partial charge >= 0.3 is 0 Å². The first kappa shape index (κ1) is 19.7. The SMILES string of the molecule is CCCCCCCCC(=O)NCC[N+](C)(C)Cc1ccccc1. The number of benzene rings is 1. The second-order valence-electron chi connectivity index (χ2n) is 7.17. The molecule has 0 aliphatic heterocycles. The summed E-state index contributed by atoms with van der Waals surface area (Å²) in [4.78, 5) is 11.9. The monoisotopic (exact) mass is 319 g/mol. The van der Waals surface area contributed by atoms with Gasteiger partial charge in [0.1, 0.15) is 6.54 Å². The number of carbonyl (C=O) groups excluding carboxylic acids is 1. The highest BCUT2D eigenvalue weighted by Gasteiger charge is 2.15. The lowest BCUT2D eigenvalue weighted by Gasteiger charge is -2.30. The Labute approximate surface area is 142 Å². The summed E-state index contributed by atoms with van der Waals surface area (Å²) in [5.74, 6) is 0.209. The fraction of sp³-hybridized carbons (Fsp3) is 0.650. The first-order valence-corrected chi connectivity index (χ1v) is 9.16. The quantitative estimate of drug-likeness (QED) is 0.455. The van der Waals surface area contributed by atoms with Gasteiger partial charge in [-0.15, -0.1) is 0 Å². The fourth-order valence-electron chi connectivity index (χ4n) is 2.81. The summed E-state index contributed by atoms with van der Waals surface area (Å²) in [5, 5.41) is 3.07. The van der Waals surface area contributed by atoms with Crippen LogP contribution >= 0.6 is 0 Å². The van der Waals surface area contributed by atoms with Gasteiger partial charge < -0.3 is 9.80 Å². The minimum Gasteiger partial charge on any atom is -0.350 e. The molecular weight excluding hydrogens is 284 g/mol. The van der Waals surface area contributed by atoms with Gasteiger partial charge in [-0.1, -0.05) is 69.4 Å². The van der Waals surface area contributed by atoms with Crippen LogP contribution in [0.25, 0.3) is 0 Å². The number of hydrogen-bond donors (Lipinski definition) is 1. The van der Waals surface area contributed by atoms with E-state index >= 15 is 0 Å². The maximum absolute atomic E-state index is 11.9. The van der Waals surface area contributed by atoms with Crippen molar-refractivity contribution in [3.8, 4) is 0 Å². The van der Waals surface area contributed by atoms with E-state index in [0.29, 0.717) is 6.42 Å². The van der Waals surface area contributed by atoms with Crippen LogP contribution in [0.5, 0.6) is 0 Å². The molecule has 1 aromatic rings. The minimum atomic E-state index is 0.209. The van der Waals surface area contributed by atoms with Crippen molar-refractivity contribution in [2.75, 3.05) is 27.2 Å². The van der Waals surface area contributed by atoms with Crippen LogP contribution in [0.2, 0.25) is 0 Å². The standard InChI is InChI=1S/C20H34N2O/c1-4-5-6-7-8-12-15-20(23)21-16-17-22(2,3)18-19-13-10-9-11-14-19/h9-11,13-14H,4-8,12,15-18H2,1-3H3/p+1. The van der Waals surface area contributed by atoms with Gasteiger partial charge in [0, 0.05) is 12.0 Å². The maximum atomic E-state index is 11.9. The third kappa shape index (κ3) is 10.1. The summed E-state index contributed by atoms with van der Waals surface area (Å²) in [5.41, 5.74) is 1.34. The van der Waals surface area contributed by atoms with Crippen molar-refractivity contribution in [2.24, 2.45) is 0 Å². The van der Waals surface area contributed by atoms with E-state index in [1.165, 1.54) is 37.7 Å². The second-order valence-corrected chi connectivity index (χ2v) is 7.17. The molecule has 0 bridgehead atoms. The van der Waals surface area contributed by atoms with E-state index in [1.54, 1.807) is 0 Å². The molecule has 23 heavy (non-hydrogen) atoms. The van der Waals surface area contributed by atoms with Crippen molar-refractivity contribution < 1.29 is 9.28 Å². The predicted octanol–water partition coefficient (Wildman–Crippen LogP) is 4.13. The summed E-state index contributed by atoms with van der Waals surface area (Å²) < 4.78 is 0.890. The number of carbonyl (C=O) groups is 1. The van der Waals surface area contributed by atoms with Gasteiger partial charge in [-0.25, -0.2) is 0 Å². The Hall–Kier alpha value is -1.35. The van der Waals surface area contributed by atoms with E-state index < -0.39 is 0 Å². The van der Waals surface area contributed by atoms with E-state index in [-0.39, 0.29) is 5.91 Å². The van der Waals surface area contributed by atoms with Gasteiger partial charge in [-0.3, -0.25) is 4.79 Å². The zero-order valence-corrected chi connectivity index (χ0v) is 15.3. The molecule has 0 radical (unpaired) electrons. The number of unbranched alkanes of at least 4 members (excludes halogenated alkanes) is 5. The van der Waals surface area contributed by atoms with Crippen LogP contribution in [0.4, 0.5) is 0 Å². The Kier molecular flexibility index (Phi) is 9.61. The van der Waals surface area contributed by atoms with Crippen molar-refractivity contribution >= 4 is 5.91 Å². The van der Waals surface area contributed by atoms with Gasteiger partial charge in [-0.05, 0) is 6.42 Å². The Morgan fingerprint density at radius 1 is 1.00 bits per heavy atom. The first-order valence-electron chi connectivity index (χ1n) is 9.16. The highest BCUT2D eigenvalue weighted by atomic mass is 16.1. The molecule has 0 aliphatic carbocycles. The Bertz CT molecular complexity index is 429. The zero-order valence-electron chi connectivity index (χ0n) is 15.3. The molecule has 1 amide bonds. The number of amides is 1. The van der Waals surface area contributed by atoms with Crippen LogP contribution in [0, 0.1) is 0 Å². The lowest BCUT2D eigenvalue weighted by molar-refractivity contribution is -0.902. The lowest BCUT2D eigenvalue weighted by Crippen LogP contribution is -2.44. The van der Waals surface area contributed by atoms with E-state index in [0.717, 1.165) is 30.5 Å². The molecule has 1 N–H and O–H groups in total. The maximum Gasteiger partial charge on any atom is 0.220 e. The molecule has 130 valence electrons. The molecule has 1 aromatic carbocycles. The fourth-order valence-corrected chi connectivity index (χ4v) is 2.81. The van der Waals surface area contributed by atoms with Crippen LogP contribution in [-0.4, -0.2) is 37.6 Å². The van der Waals surface area contributed by atoms with Crippen LogP contribution in [0.15, 0.2) is 30.3 Å². The summed E-state index contributed by atoms with van der Waals surface area (Å²) in [6.07, 6.45) is 8.06. The van der Waals surface area contributed by atoms with Crippen molar-refractivity contribution in [2.45, 2.75) is 58.4 Å². The zero-order chi connectivity index (χ0) is 17.0. The second kappa shape index (κ2) is 11.2. The third-order valence-corrected chi connectivity index (χ3v) is 4.25. The molecule has 0 atom stereocenters. The number of nitrogens with one attached hydrogen (secondary N) is 1. The molecule has 1 rings (SSSR count).